The van der Waals surface area contributed by atoms with Crippen molar-refractivity contribution in [2.45, 2.75) is 26.2 Å². The first-order valence-corrected chi connectivity index (χ1v) is 5.02. The van der Waals surface area contributed by atoms with Crippen LogP contribution in [0, 0.1) is 0 Å². The number of hydrogen-bond donors (Lipinski definition) is 1. The number of fused-ring (bicyclic) bond motifs is 1. The van der Waals surface area contributed by atoms with Gasteiger partial charge >= 0.3 is 0 Å². The SMILES string of the molecule is CC(C)(C)c1cc2ccsc2[nH]1. The molecule has 2 heterocycles. The molecule has 2 heteroatoms. The van der Waals surface area contributed by atoms with Gasteiger partial charge in [0.25, 0.3) is 0 Å². The molecular formula is C10H13NS. The number of aromatic amines is 1. The molecule has 0 aliphatic carbocycles. The quantitative estimate of drug-likeness (QED) is 0.637. The van der Waals surface area contributed by atoms with Crippen LogP contribution in [0.3, 0.4) is 0 Å². The average Bonchev–Trinajstić information content (AvgIpc) is 2.37. The molecule has 1 N–H and O–H groups in total. The van der Waals surface area contributed by atoms with Crippen molar-refractivity contribution in [1.29, 1.82) is 0 Å². The summed E-state index contributed by atoms with van der Waals surface area (Å²) in [6.45, 7) is 6.67. The summed E-state index contributed by atoms with van der Waals surface area (Å²) < 4.78 is 0. The molecule has 0 fully saturated rings. The zero-order valence-electron chi connectivity index (χ0n) is 7.64. The normalized spacial score (nSPS) is 12.6. The molecule has 0 aliphatic heterocycles. The van der Waals surface area contributed by atoms with E-state index in [9.17, 15) is 0 Å². The second-order valence-corrected chi connectivity index (χ2v) is 5.05. The molecule has 0 saturated heterocycles. The van der Waals surface area contributed by atoms with Crippen LogP contribution in [0.2, 0.25) is 0 Å². The minimum absolute atomic E-state index is 0.235. The standard InChI is InChI=1S/C10H13NS/c1-10(2,3)8-6-7-4-5-12-9(7)11-8/h4-6,11H,1-3H3. The Kier molecular flexibility index (Phi) is 1.55. The van der Waals surface area contributed by atoms with Crippen LogP contribution in [0.15, 0.2) is 17.5 Å². The lowest BCUT2D eigenvalue weighted by Gasteiger charge is -2.15. The Hall–Kier alpha value is -0.760. The third kappa shape index (κ3) is 1.16. The summed E-state index contributed by atoms with van der Waals surface area (Å²) in [6.07, 6.45) is 0. The van der Waals surface area contributed by atoms with E-state index in [-0.39, 0.29) is 5.41 Å². The highest BCUT2D eigenvalue weighted by molar-refractivity contribution is 7.16. The van der Waals surface area contributed by atoms with E-state index in [0.29, 0.717) is 0 Å². The summed E-state index contributed by atoms with van der Waals surface area (Å²) >= 11 is 1.77. The fourth-order valence-electron chi connectivity index (χ4n) is 1.25. The summed E-state index contributed by atoms with van der Waals surface area (Å²) in [5.74, 6) is 0. The molecule has 1 nitrogen and oxygen atoms in total. The number of thiophene rings is 1. The zero-order chi connectivity index (χ0) is 8.77. The van der Waals surface area contributed by atoms with Crippen LogP contribution >= 0.6 is 11.3 Å². The van der Waals surface area contributed by atoms with Crippen LogP contribution in [-0.2, 0) is 5.41 Å². The third-order valence-corrected chi connectivity index (χ3v) is 2.90. The molecule has 0 aromatic carbocycles. The summed E-state index contributed by atoms with van der Waals surface area (Å²) in [7, 11) is 0. The molecular weight excluding hydrogens is 166 g/mol. The Morgan fingerprint density at radius 2 is 2.08 bits per heavy atom. The van der Waals surface area contributed by atoms with Crippen LogP contribution in [0.1, 0.15) is 26.5 Å². The van der Waals surface area contributed by atoms with Gasteiger partial charge in [-0.3, -0.25) is 0 Å². The Labute approximate surface area is 76.4 Å². The van der Waals surface area contributed by atoms with E-state index in [4.69, 9.17) is 0 Å². The average molecular weight is 179 g/mol. The Balaban J connectivity index is 2.59. The lowest BCUT2D eigenvalue weighted by molar-refractivity contribution is 0.574. The van der Waals surface area contributed by atoms with Crippen LogP contribution in [-0.4, -0.2) is 4.98 Å². The number of hydrogen-bond acceptors (Lipinski definition) is 1. The van der Waals surface area contributed by atoms with E-state index in [1.54, 1.807) is 11.3 Å². The van der Waals surface area contributed by atoms with Gasteiger partial charge in [0, 0.05) is 16.5 Å². The monoisotopic (exact) mass is 179 g/mol. The second kappa shape index (κ2) is 2.36. The lowest BCUT2D eigenvalue weighted by Crippen LogP contribution is -2.10. The van der Waals surface area contributed by atoms with Crippen molar-refractivity contribution in [3.05, 3.63) is 23.2 Å². The maximum atomic E-state index is 3.43. The van der Waals surface area contributed by atoms with Crippen molar-refractivity contribution >= 4 is 21.6 Å². The first-order chi connectivity index (χ1) is 5.57. The molecule has 2 aromatic rings. The Bertz CT molecular complexity index is 361. The fraction of sp³-hybridized carbons (Fsp3) is 0.400. The molecule has 0 unspecified atom stereocenters. The largest absolute Gasteiger partial charge is 0.350 e. The van der Waals surface area contributed by atoms with E-state index in [2.05, 4.69) is 43.3 Å². The molecule has 0 radical (unpaired) electrons. The summed E-state index contributed by atoms with van der Waals surface area (Å²) in [6, 6.07) is 4.40. The number of rotatable bonds is 0. The predicted octanol–water partition coefficient (Wildman–Crippen LogP) is 3.53. The maximum Gasteiger partial charge on any atom is 0.0998 e. The first-order valence-electron chi connectivity index (χ1n) is 4.14. The minimum atomic E-state index is 0.235. The molecule has 64 valence electrons. The predicted molar refractivity (Wildman–Crippen MR) is 54.9 cm³/mol. The Morgan fingerprint density at radius 3 is 2.67 bits per heavy atom. The first kappa shape index (κ1) is 7.87. The van der Waals surface area contributed by atoms with Crippen molar-refractivity contribution in [1.82, 2.24) is 4.98 Å². The van der Waals surface area contributed by atoms with Crippen LogP contribution in [0.5, 0.6) is 0 Å². The van der Waals surface area contributed by atoms with Crippen molar-refractivity contribution in [3.8, 4) is 0 Å². The van der Waals surface area contributed by atoms with Gasteiger partial charge in [0.15, 0.2) is 0 Å². The van der Waals surface area contributed by atoms with Crippen LogP contribution in [0.25, 0.3) is 10.2 Å². The lowest BCUT2D eigenvalue weighted by atomic mass is 9.92. The highest BCUT2D eigenvalue weighted by Gasteiger charge is 2.16. The summed E-state index contributed by atoms with van der Waals surface area (Å²) in [5.41, 5.74) is 1.56. The highest BCUT2D eigenvalue weighted by atomic mass is 32.1. The molecule has 0 atom stereocenters. The van der Waals surface area contributed by atoms with E-state index in [1.165, 1.54) is 15.9 Å². The van der Waals surface area contributed by atoms with Crippen LogP contribution < -0.4 is 0 Å². The molecule has 0 spiro atoms. The molecule has 12 heavy (non-hydrogen) atoms. The zero-order valence-corrected chi connectivity index (χ0v) is 8.46. The highest BCUT2D eigenvalue weighted by Crippen LogP contribution is 2.28. The molecule has 0 aliphatic rings. The van der Waals surface area contributed by atoms with Crippen molar-refractivity contribution in [3.63, 3.8) is 0 Å². The van der Waals surface area contributed by atoms with Crippen molar-refractivity contribution < 1.29 is 0 Å². The molecule has 2 rings (SSSR count). The van der Waals surface area contributed by atoms with Gasteiger partial charge in [-0.1, -0.05) is 20.8 Å². The van der Waals surface area contributed by atoms with Crippen LogP contribution in [0.4, 0.5) is 0 Å². The van der Waals surface area contributed by atoms with Crippen molar-refractivity contribution in [2.75, 3.05) is 0 Å². The van der Waals surface area contributed by atoms with Gasteiger partial charge in [-0.05, 0) is 17.5 Å². The molecule has 0 amide bonds. The van der Waals surface area contributed by atoms with E-state index >= 15 is 0 Å². The molecule has 0 saturated carbocycles. The third-order valence-electron chi connectivity index (χ3n) is 2.05. The summed E-state index contributed by atoms with van der Waals surface area (Å²) in [5, 5.41) is 3.46. The van der Waals surface area contributed by atoms with Gasteiger partial charge < -0.3 is 4.98 Å². The Morgan fingerprint density at radius 1 is 1.33 bits per heavy atom. The van der Waals surface area contributed by atoms with Gasteiger partial charge in [-0.25, -0.2) is 0 Å². The van der Waals surface area contributed by atoms with E-state index in [1.807, 2.05) is 0 Å². The van der Waals surface area contributed by atoms with Gasteiger partial charge in [0.05, 0.1) is 4.83 Å². The minimum Gasteiger partial charge on any atom is -0.350 e. The van der Waals surface area contributed by atoms with Gasteiger partial charge in [-0.2, -0.15) is 0 Å². The second-order valence-electron chi connectivity index (χ2n) is 4.14. The number of aromatic nitrogens is 1. The van der Waals surface area contributed by atoms with Gasteiger partial charge in [0.1, 0.15) is 0 Å². The van der Waals surface area contributed by atoms with E-state index < -0.39 is 0 Å². The summed E-state index contributed by atoms with van der Waals surface area (Å²) in [4.78, 5) is 4.73. The fourth-order valence-corrected chi connectivity index (χ4v) is 2.03. The van der Waals surface area contributed by atoms with E-state index in [0.717, 1.165) is 0 Å². The molecule has 2 aromatic heterocycles. The van der Waals surface area contributed by atoms with Gasteiger partial charge in [0.2, 0.25) is 0 Å². The topological polar surface area (TPSA) is 15.8 Å². The maximum absolute atomic E-state index is 3.43. The number of H-pyrrole nitrogens is 1. The van der Waals surface area contributed by atoms with Crippen molar-refractivity contribution in [2.24, 2.45) is 0 Å². The number of nitrogens with one attached hydrogen (secondary N) is 1. The molecule has 0 bridgehead atoms. The van der Waals surface area contributed by atoms with Gasteiger partial charge in [-0.15, -0.1) is 11.3 Å². The smallest absolute Gasteiger partial charge is 0.0998 e.